The number of amides is 2. The van der Waals surface area contributed by atoms with Crippen LogP contribution in [-0.2, 0) is 23.2 Å². The van der Waals surface area contributed by atoms with Crippen molar-refractivity contribution >= 4 is 34.4 Å². The molecule has 0 spiro atoms. The molecule has 1 aromatic carbocycles. The standard InChI is InChI=1S/C33H40FN5O7/c1-20-15-28(40)32(44)27(36(20)2)18-35-29(41)7-5-3-4-6-8-30(42)38-13-11-37(12-14-38)26-17-25-22(16-24(26)34)31(43)23(33(45)46)19-39(25)21-9-10-21/h15-17,19,21,44H,3-14,18H2,1-2H3,(H,35,41)(H,45,46). The van der Waals surface area contributed by atoms with Crippen LogP contribution in [0.3, 0.4) is 0 Å². The number of anilines is 1. The van der Waals surface area contributed by atoms with Gasteiger partial charge in [-0.1, -0.05) is 12.8 Å². The molecule has 2 fully saturated rings. The number of hydrogen-bond donors (Lipinski definition) is 3. The van der Waals surface area contributed by atoms with Crippen molar-refractivity contribution in [1.29, 1.82) is 0 Å². The second-order valence-electron chi connectivity index (χ2n) is 12.2. The van der Waals surface area contributed by atoms with Gasteiger partial charge in [0.2, 0.25) is 22.7 Å². The molecule has 3 aromatic rings. The third-order valence-electron chi connectivity index (χ3n) is 9.02. The van der Waals surface area contributed by atoms with Crippen LogP contribution in [-0.4, -0.2) is 68.2 Å². The number of rotatable bonds is 12. The maximum Gasteiger partial charge on any atom is 0.341 e. The van der Waals surface area contributed by atoms with E-state index in [1.807, 2.05) is 4.90 Å². The molecule has 46 heavy (non-hydrogen) atoms. The van der Waals surface area contributed by atoms with Gasteiger partial charge in [-0.2, -0.15) is 0 Å². The number of carbonyl (C=O) groups excluding carboxylic acids is 2. The summed E-state index contributed by atoms with van der Waals surface area (Å²) in [7, 11) is 1.72. The summed E-state index contributed by atoms with van der Waals surface area (Å²) < 4.78 is 18.7. The topological polar surface area (TPSA) is 154 Å². The molecule has 246 valence electrons. The Morgan fingerprint density at radius 1 is 0.978 bits per heavy atom. The third-order valence-corrected chi connectivity index (χ3v) is 9.02. The first kappa shape index (κ1) is 32.7. The van der Waals surface area contributed by atoms with Crippen molar-refractivity contribution in [2.75, 3.05) is 31.1 Å². The number of benzene rings is 1. The van der Waals surface area contributed by atoms with Gasteiger partial charge in [0.25, 0.3) is 0 Å². The molecular weight excluding hydrogens is 597 g/mol. The van der Waals surface area contributed by atoms with Crippen LogP contribution in [0.2, 0.25) is 0 Å². The Labute approximate surface area is 265 Å². The highest BCUT2D eigenvalue weighted by Gasteiger charge is 2.29. The van der Waals surface area contributed by atoms with Gasteiger partial charge in [-0.15, -0.1) is 0 Å². The van der Waals surface area contributed by atoms with Crippen molar-refractivity contribution < 1.29 is 29.0 Å². The fourth-order valence-electron chi connectivity index (χ4n) is 6.02. The van der Waals surface area contributed by atoms with Crippen molar-refractivity contribution in [2.45, 2.75) is 70.9 Å². The lowest BCUT2D eigenvalue weighted by Gasteiger charge is -2.36. The average molecular weight is 638 g/mol. The maximum atomic E-state index is 15.3. The van der Waals surface area contributed by atoms with Crippen LogP contribution in [0.4, 0.5) is 10.1 Å². The van der Waals surface area contributed by atoms with Crippen molar-refractivity contribution in [3.63, 3.8) is 0 Å². The number of aromatic hydroxyl groups is 1. The van der Waals surface area contributed by atoms with E-state index in [0.717, 1.165) is 31.7 Å². The molecule has 1 aliphatic carbocycles. The maximum absolute atomic E-state index is 15.3. The molecule has 12 nitrogen and oxygen atoms in total. The molecule has 5 rings (SSSR count). The van der Waals surface area contributed by atoms with E-state index in [0.29, 0.717) is 74.5 Å². The summed E-state index contributed by atoms with van der Waals surface area (Å²) in [5.41, 5.74) is 0.350. The number of nitrogens with one attached hydrogen (secondary N) is 1. The third kappa shape index (κ3) is 7.08. The van der Waals surface area contributed by atoms with E-state index in [2.05, 4.69) is 5.32 Å². The quantitative estimate of drug-likeness (QED) is 0.256. The molecule has 1 aliphatic heterocycles. The van der Waals surface area contributed by atoms with Gasteiger partial charge < -0.3 is 34.5 Å². The monoisotopic (exact) mass is 637 g/mol. The Kier molecular flexibility index (Phi) is 9.78. The Bertz CT molecular complexity index is 1790. The van der Waals surface area contributed by atoms with Gasteiger partial charge >= 0.3 is 5.97 Å². The number of fused-ring (bicyclic) bond motifs is 1. The molecule has 0 bridgehead atoms. The molecule has 1 saturated heterocycles. The highest BCUT2D eigenvalue weighted by molar-refractivity contribution is 5.93. The van der Waals surface area contributed by atoms with Crippen LogP contribution in [0.1, 0.15) is 79.2 Å². The lowest BCUT2D eigenvalue weighted by molar-refractivity contribution is -0.131. The minimum absolute atomic E-state index is 0.0312. The number of unbranched alkanes of at least 4 members (excludes halogenated alkanes) is 3. The number of aromatic carboxylic acids is 1. The Morgan fingerprint density at radius 3 is 2.30 bits per heavy atom. The normalized spacial score (nSPS) is 14.9. The van der Waals surface area contributed by atoms with Crippen LogP contribution < -0.4 is 21.1 Å². The fourth-order valence-corrected chi connectivity index (χ4v) is 6.02. The zero-order valence-corrected chi connectivity index (χ0v) is 26.2. The first-order valence-electron chi connectivity index (χ1n) is 15.8. The van der Waals surface area contributed by atoms with Crippen LogP contribution in [0.5, 0.6) is 5.75 Å². The molecule has 0 radical (unpaired) electrons. The molecule has 13 heteroatoms. The van der Waals surface area contributed by atoms with E-state index in [1.165, 1.54) is 12.3 Å². The summed E-state index contributed by atoms with van der Waals surface area (Å²) in [5, 5.41) is 22.3. The molecule has 2 aliphatic rings. The van der Waals surface area contributed by atoms with Crippen molar-refractivity contribution in [2.24, 2.45) is 7.05 Å². The number of hydrogen-bond acceptors (Lipinski definition) is 7. The molecule has 3 heterocycles. The Hall–Kier alpha value is -4.68. The smallest absolute Gasteiger partial charge is 0.341 e. The second kappa shape index (κ2) is 13.8. The van der Waals surface area contributed by atoms with Gasteiger partial charge in [0.05, 0.1) is 23.4 Å². The van der Waals surface area contributed by atoms with Crippen LogP contribution >= 0.6 is 0 Å². The second-order valence-corrected chi connectivity index (χ2v) is 12.2. The number of carboxylic acid groups (broad SMARTS) is 1. The minimum Gasteiger partial charge on any atom is -0.503 e. The first-order chi connectivity index (χ1) is 22.0. The van der Waals surface area contributed by atoms with Gasteiger partial charge in [0.1, 0.15) is 11.4 Å². The van der Waals surface area contributed by atoms with Gasteiger partial charge in [0, 0.05) is 75.5 Å². The zero-order chi connectivity index (χ0) is 33.1. The summed E-state index contributed by atoms with van der Waals surface area (Å²) in [6.45, 7) is 3.54. The number of pyridine rings is 2. The molecule has 2 aromatic heterocycles. The van der Waals surface area contributed by atoms with Gasteiger partial charge in [-0.25, -0.2) is 9.18 Å². The predicted molar refractivity (Wildman–Crippen MR) is 170 cm³/mol. The first-order valence-corrected chi connectivity index (χ1v) is 15.8. The van der Waals surface area contributed by atoms with E-state index in [9.17, 15) is 34.2 Å². The minimum atomic E-state index is -1.33. The Morgan fingerprint density at radius 2 is 1.65 bits per heavy atom. The average Bonchev–Trinajstić information content (AvgIpc) is 3.87. The summed E-state index contributed by atoms with van der Waals surface area (Å²) >= 11 is 0. The molecule has 3 N–H and O–H groups in total. The van der Waals surface area contributed by atoms with Crippen molar-refractivity contribution in [3.05, 3.63) is 67.6 Å². The van der Waals surface area contributed by atoms with Crippen LogP contribution in [0.15, 0.2) is 34.0 Å². The number of nitrogens with zero attached hydrogens (tertiary/aromatic N) is 4. The fraction of sp³-hybridized carbons (Fsp3) is 0.485. The van der Waals surface area contributed by atoms with Crippen molar-refractivity contribution in [3.8, 4) is 5.75 Å². The number of carbonyl (C=O) groups is 3. The van der Waals surface area contributed by atoms with Crippen molar-refractivity contribution in [1.82, 2.24) is 19.4 Å². The lowest BCUT2D eigenvalue weighted by atomic mass is 10.1. The highest BCUT2D eigenvalue weighted by atomic mass is 19.1. The number of carboxylic acids is 1. The number of aryl methyl sites for hydroxylation is 1. The van der Waals surface area contributed by atoms with Gasteiger partial charge in [-0.05, 0) is 44.7 Å². The summed E-state index contributed by atoms with van der Waals surface area (Å²) in [5.74, 6) is -2.43. The van der Waals surface area contributed by atoms with E-state index < -0.39 is 22.6 Å². The van der Waals surface area contributed by atoms with Crippen LogP contribution in [0.25, 0.3) is 10.9 Å². The summed E-state index contributed by atoms with van der Waals surface area (Å²) in [6.07, 6.45) is 6.70. The van der Waals surface area contributed by atoms with E-state index >= 15 is 4.39 Å². The van der Waals surface area contributed by atoms with E-state index in [-0.39, 0.29) is 41.1 Å². The lowest BCUT2D eigenvalue weighted by Crippen LogP contribution is -2.49. The molecular formula is C33H40FN5O7. The van der Waals surface area contributed by atoms with E-state index in [4.69, 9.17) is 0 Å². The molecule has 2 amide bonds. The Balaban J connectivity index is 1.05. The van der Waals surface area contributed by atoms with Crippen LogP contribution in [0, 0.1) is 12.7 Å². The summed E-state index contributed by atoms with van der Waals surface area (Å²) in [6, 6.07) is 4.19. The number of halogens is 1. The van der Waals surface area contributed by atoms with Gasteiger partial charge in [0.15, 0.2) is 5.75 Å². The largest absolute Gasteiger partial charge is 0.503 e. The van der Waals surface area contributed by atoms with E-state index in [1.54, 1.807) is 34.1 Å². The summed E-state index contributed by atoms with van der Waals surface area (Å²) in [4.78, 5) is 64.9. The molecule has 0 unspecified atom stereocenters. The number of aromatic nitrogens is 2. The highest BCUT2D eigenvalue weighted by Crippen LogP contribution is 2.38. The number of piperazine rings is 1. The predicted octanol–water partition coefficient (Wildman–Crippen LogP) is 3.19. The molecule has 1 saturated carbocycles. The van der Waals surface area contributed by atoms with Gasteiger partial charge in [-0.3, -0.25) is 19.2 Å². The SMILES string of the molecule is Cc1cc(=O)c(O)c(CNC(=O)CCCCCCC(=O)N2CCN(c3cc4c(cc3F)c(=O)c(C(=O)O)cn4C3CC3)CC2)n1C. The zero-order valence-electron chi connectivity index (χ0n) is 26.2. The molecule has 0 atom stereocenters.